The Bertz CT molecular complexity index is 1570. The summed E-state index contributed by atoms with van der Waals surface area (Å²) in [5, 5.41) is 87.5. The molecule has 14 heteroatoms. The maximum absolute atomic E-state index is 13.3. The van der Waals surface area contributed by atoms with Crippen molar-refractivity contribution in [1.82, 2.24) is 5.32 Å². The van der Waals surface area contributed by atoms with Crippen molar-refractivity contribution in [1.29, 1.82) is 0 Å². The van der Waals surface area contributed by atoms with Crippen molar-refractivity contribution in [3.05, 3.63) is 12.2 Å². The smallest absolute Gasteiger partial charge is 0.220 e. The average Bonchev–Trinajstić information content (AvgIpc) is 0.891. The minimum Gasteiger partial charge on any atom is -0.394 e. The van der Waals surface area contributed by atoms with E-state index in [-0.39, 0.29) is 18.9 Å². The number of ether oxygens (including phenoxy) is 4. The predicted octanol–water partition coefficient (Wildman–Crippen LogP) is 17.3. The highest BCUT2D eigenvalue weighted by Crippen LogP contribution is 2.30. The Kier molecular flexibility index (Phi) is 58.7. The van der Waals surface area contributed by atoms with Gasteiger partial charge in [0.2, 0.25) is 5.91 Å². The number of rotatable bonds is 67. The molecule has 12 unspecified atom stereocenters. The lowest BCUT2D eigenvalue weighted by Crippen LogP contribution is -2.65. The van der Waals surface area contributed by atoms with E-state index in [1.807, 2.05) is 6.08 Å². The Morgan fingerprint density at radius 1 is 0.385 bits per heavy atom. The summed E-state index contributed by atoms with van der Waals surface area (Å²) in [5.41, 5.74) is 0. The van der Waals surface area contributed by atoms with Crippen LogP contribution in [0, 0.1) is 0 Å². The SMILES string of the molecule is CCCCCCCCCCCCCCCCCC/C=C/C(O)C(COC1OC(CO)C(OC2OC(CO)C(O)C(O)C2O)C(O)C1O)NC(=O)CCCCCCCCCCCCCCCCCCCCCCCCCCCCCCCCCCCCCCCCC. The van der Waals surface area contributed by atoms with Gasteiger partial charge in [0.25, 0.3) is 0 Å². The van der Waals surface area contributed by atoms with Gasteiger partial charge in [0.05, 0.1) is 32.0 Å². The van der Waals surface area contributed by atoms with Crippen molar-refractivity contribution < 1.29 is 64.6 Å². The van der Waals surface area contributed by atoms with Crippen LogP contribution in [-0.2, 0) is 23.7 Å². The van der Waals surface area contributed by atoms with Crippen molar-refractivity contribution in [2.24, 2.45) is 0 Å². The van der Waals surface area contributed by atoms with E-state index in [4.69, 9.17) is 18.9 Å². The van der Waals surface area contributed by atoms with E-state index in [1.165, 1.54) is 315 Å². The quantitative estimate of drug-likeness (QED) is 0.0204. The number of carbonyl (C=O) groups excluding carboxylic acids is 1. The lowest BCUT2D eigenvalue weighted by Gasteiger charge is -2.46. The molecule has 0 aromatic carbocycles. The number of amides is 1. The van der Waals surface area contributed by atoms with E-state index < -0.39 is 86.8 Å². The molecule has 0 aromatic heterocycles. The third-order valence-corrected chi connectivity index (χ3v) is 19.7. The first-order valence-electron chi connectivity index (χ1n) is 39.4. The molecule has 0 aliphatic carbocycles. The second-order valence-corrected chi connectivity index (χ2v) is 28.2. The normalized spacial score (nSPS) is 22.7. The molecule has 0 radical (unpaired) electrons. The van der Waals surface area contributed by atoms with Gasteiger partial charge in [-0.25, -0.2) is 0 Å². The maximum Gasteiger partial charge on any atom is 0.220 e. The van der Waals surface area contributed by atoms with Gasteiger partial charge < -0.3 is 65.1 Å². The Hall–Kier alpha value is -1.27. The van der Waals surface area contributed by atoms with Crippen LogP contribution >= 0.6 is 0 Å². The van der Waals surface area contributed by atoms with Gasteiger partial charge in [-0.05, 0) is 19.3 Å². The van der Waals surface area contributed by atoms with Gasteiger partial charge in [0.15, 0.2) is 12.6 Å². The fourth-order valence-electron chi connectivity index (χ4n) is 13.5. The van der Waals surface area contributed by atoms with Crippen molar-refractivity contribution in [3.63, 3.8) is 0 Å². The number of aliphatic hydroxyl groups excluding tert-OH is 8. The standard InChI is InChI=1S/C77H149NO13/c1-3-5-7-9-11-13-15-17-19-21-23-24-25-26-27-28-29-30-31-32-33-34-35-36-37-38-39-40-41-42-43-45-47-49-51-53-55-57-59-61-69(82)78-65(66(81)60-58-56-54-52-50-48-46-44-22-20-18-16-14-12-10-8-6-4-2)64-88-76-74(87)72(85)75(68(63-80)90-76)91-77-73(86)71(84)70(83)67(62-79)89-77/h58,60,65-68,70-77,79-81,83-87H,3-57,59,61-64H2,1-2H3,(H,78,82)/b60-58+. The molecule has 2 aliphatic heterocycles. The number of unbranched alkanes of at least 4 members (excludes halogenated alkanes) is 54. The first-order valence-corrected chi connectivity index (χ1v) is 39.4. The van der Waals surface area contributed by atoms with Crippen LogP contribution in [0.4, 0.5) is 0 Å². The summed E-state index contributed by atoms with van der Waals surface area (Å²) in [4.78, 5) is 13.3. The van der Waals surface area contributed by atoms with E-state index in [0.717, 1.165) is 44.9 Å². The van der Waals surface area contributed by atoms with Crippen LogP contribution in [0.2, 0.25) is 0 Å². The Morgan fingerprint density at radius 2 is 0.681 bits per heavy atom. The number of nitrogens with one attached hydrogen (secondary N) is 1. The summed E-state index contributed by atoms with van der Waals surface area (Å²) >= 11 is 0. The van der Waals surface area contributed by atoms with Crippen LogP contribution in [0.25, 0.3) is 0 Å². The number of carbonyl (C=O) groups is 1. The largest absolute Gasteiger partial charge is 0.394 e. The molecule has 2 saturated heterocycles. The highest BCUT2D eigenvalue weighted by atomic mass is 16.7. The zero-order valence-electron chi connectivity index (χ0n) is 59.1. The van der Waals surface area contributed by atoms with E-state index in [0.29, 0.717) is 0 Å². The molecule has 0 aromatic rings. The number of hydrogen-bond donors (Lipinski definition) is 9. The van der Waals surface area contributed by atoms with Crippen molar-refractivity contribution >= 4 is 5.91 Å². The molecule has 0 bridgehead atoms. The zero-order valence-corrected chi connectivity index (χ0v) is 59.1. The van der Waals surface area contributed by atoms with Crippen LogP contribution in [0.1, 0.15) is 380 Å². The average molecular weight is 1300 g/mol. The third kappa shape index (κ3) is 45.8. The van der Waals surface area contributed by atoms with Crippen LogP contribution < -0.4 is 5.32 Å². The lowest BCUT2D eigenvalue weighted by atomic mass is 9.97. The zero-order chi connectivity index (χ0) is 65.9. The fraction of sp³-hybridized carbons (Fsp3) is 0.961. The van der Waals surface area contributed by atoms with E-state index in [2.05, 4.69) is 19.2 Å². The molecule has 12 atom stereocenters. The maximum atomic E-state index is 13.3. The Balaban J connectivity index is 1.55. The summed E-state index contributed by atoms with van der Waals surface area (Å²) in [6, 6.07) is -0.911. The Morgan fingerprint density at radius 3 is 1.01 bits per heavy atom. The minimum absolute atomic E-state index is 0.230. The molecular formula is C77H149NO13. The summed E-state index contributed by atoms with van der Waals surface area (Å²) in [7, 11) is 0. The first kappa shape index (κ1) is 85.8. The van der Waals surface area contributed by atoms with Crippen molar-refractivity contribution in [2.75, 3.05) is 19.8 Å². The van der Waals surface area contributed by atoms with Gasteiger partial charge in [-0.15, -0.1) is 0 Å². The summed E-state index contributed by atoms with van der Waals surface area (Å²) in [5.74, 6) is -0.230. The van der Waals surface area contributed by atoms with Gasteiger partial charge in [-0.3, -0.25) is 4.79 Å². The molecule has 2 rings (SSSR count). The monoisotopic (exact) mass is 1300 g/mol. The van der Waals surface area contributed by atoms with Crippen LogP contribution in [0.15, 0.2) is 12.2 Å². The van der Waals surface area contributed by atoms with Crippen molar-refractivity contribution in [2.45, 2.75) is 453 Å². The number of allylic oxidation sites excluding steroid dienone is 1. The number of hydrogen-bond acceptors (Lipinski definition) is 13. The van der Waals surface area contributed by atoms with Gasteiger partial charge in [-0.1, -0.05) is 366 Å². The van der Waals surface area contributed by atoms with Gasteiger partial charge >= 0.3 is 0 Å². The molecular weight excluding hydrogens is 1150 g/mol. The molecule has 540 valence electrons. The molecule has 2 fully saturated rings. The van der Waals surface area contributed by atoms with E-state index in [9.17, 15) is 45.6 Å². The van der Waals surface area contributed by atoms with Crippen LogP contribution in [0.5, 0.6) is 0 Å². The molecule has 14 nitrogen and oxygen atoms in total. The van der Waals surface area contributed by atoms with Crippen LogP contribution in [-0.4, -0.2) is 140 Å². The van der Waals surface area contributed by atoms with Gasteiger partial charge in [-0.2, -0.15) is 0 Å². The van der Waals surface area contributed by atoms with Crippen LogP contribution in [0.3, 0.4) is 0 Å². The Labute approximate surface area is 558 Å². The molecule has 1 amide bonds. The summed E-state index contributed by atoms with van der Waals surface area (Å²) in [6.07, 6.45) is 61.7. The molecule has 0 spiro atoms. The molecule has 9 N–H and O–H groups in total. The van der Waals surface area contributed by atoms with E-state index >= 15 is 0 Å². The molecule has 0 saturated carbocycles. The topological polar surface area (TPSA) is 228 Å². The van der Waals surface area contributed by atoms with E-state index in [1.54, 1.807) is 6.08 Å². The highest BCUT2D eigenvalue weighted by Gasteiger charge is 2.51. The van der Waals surface area contributed by atoms with Gasteiger partial charge in [0.1, 0.15) is 48.8 Å². The summed E-state index contributed by atoms with van der Waals surface area (Å²) < 4.78 is 22.9. The lowest BCUT2D eigenvalue weighted by molar-refractivity contribution is -0.359. The van der Waals surface area contributed by atoms with Crippen molar-refractivity contribution in [3.8, 4) is 0 Å². The second-order valence-electron chi connectivity index (χ2n) is 28.2. The third-order valence-electron chi connectivity index (χ3n) is 19.7. The highest BCUT2D eigenvalue weighted by molar-refractivity contribution is 5.76. The number of aliphatic hydroxyl groups is 8. The first-order chi connectivity index (χ1) is 44.6. The molecule has 91 heavy (non-hydrogen) atoms. The molecule has 2 aliphatic rings. The minimum atomic E-state index is -1.79. The molecule has 2 heterocycles. The second kappa shape index (κ2) is 62.3. The van der Waals surface area contributed by atoms with Gasteiger partial charge in [0, 0.05) is 6.42 Å². The fourth-order valence-corrected chi connectivity index (χ4v) is 13.5. The summed E-state index contributed by atoms with van der Waals surface area (Å²) in [6.45, 7) is 2.86. The predicted molar refractivity (Wildman–Crippen MR) is 374 cm³/mol.